The zero-order valence-corrected chi connectivity index (χ0v) is 19.0. The van der Waals surface area contributed by atoms with Crippen LogP contribution in [0, 0.1) is 10.1 Å². The summed E-state index contributed by atoms with van der Waals surface area (Å²) >= 11 is 0. The molecule has 2 heterocycles. The molecule has 0 amide bonds. The molecule has 1 aromatic rings. The Bertz CT molecular complexity index is 924. The second-order valence-corrected chi connectivity index (χ2v) is 8.49. The normalized spacial score (nSPS) is 26.8. The average molecular weight is 465 g/mol. The maximum atomic E-state index is 12.8. The van der Waals surface area contributed by atoms with Gasteiger partial charge < -0.3 is 28.4 Å². The van der Waals surface area contributed by atoms with Crippen molar-refractivity contribution < 1.29 is 42.9 Å². The highest BCUT2D eigenvalue weighted by Gasteiger charge is 2.52. The standard InChI is InChI=1S/C22H27NO10/c1-21(2)29-12-16(31-21)19-18(32-22(3,4)33-19)15(10-11-17(24)28-5)30-20(25)13-6-8-14(9-7-13)23(26)27/h6-11,15-16,18-19H,12H2,1-5H3/b11-10+/t15-,16-,18-,19-/m1/s1. The lowest BCUT2D eigenvalue weighted by Gasteiger charge is -2.27. The summed E-state index contributed by atoms with van der Waals surface area (Å²) in [6, 6.07) is 4.96. The number of carbonyl (C=O) groups excluding carboxylic acids is 2. The average Bonchev–Trinajstić information content (AvgIpc) is 3.28. The summed E-state index contributed by atoms with van der Waals surface area (Å²) in [5.41, 5.74) is -0.0719. The van der Waals surface area contributed by atoms with Gasteiger partial charge in [-0.3, -0.25) is 10.1 Å². The van der Waals surface area contributed by atoms with Crippen LogP contribution in [-0.4, -0.2) is 66.6 Å². The number of carbonyl (C=O) groups is 2. The number of non-ortho nitro benzene ring substituents is 1. The summed E-state index contributed by atoms with van der Waals surface area (Å²) < 4.78 is 33.9. The zero-order valence-electron chi connectivity index (χ0n) is 19.0. The van der Waals surface area contributed by atoms with Crippen LogP contribution in [0.5, 0.6) is 0 Å². The van der Waals surface area contributed by atoms with E-state index in [1.807, 2.05) is 0 Å². The molecule has 2 fully saturated rings. The third-order valence-electron chi connectivity index (χ3n) is 5.06. The van der Waals surface area contributed by atoms with Crippen LogP contribution in [0.25, 0.3) is 0 Å². The Hall–Kier alpha value is -2.86. The van der Waals surface area contributed by atoms with Crippen molar-refractivity contribution in [1.82, 2.24) is 0 Å². The fraction of sp³-hybridized carbons (Fsp3) is 0.545. The van der Waals surface area contributed by atoms with Gasteiger partial charge in [-0.05, 0) is 45.9 Å². The van der Waals surface area contributed by atoms with E-state index in [-0.39, 0.29) is 17.9 Å². The molecule has 11 nitrogen and oxygen atoms in total. The Morgan fingerprint density at radius 1 is 1.12 bits per heavy atom. The largest absolute Gasteiger partial charge is 0.466 e. The van der Waals surface area contributed by atoms with Crippen molar-refractivity contribution in [2.45, 2.75) is 63.7 Å². The lowest BCUT2D eigenvalue weighted by atomic mass is 10.0. The molecule has 0 radical (unpaired) electrons. The summed E-state index contributed by atoms with van der Waals surface area (Å²) in [6.07, 6.45) is -0.637. The fourth-order valence-electron chi connectivity index (χ4n) is 3.60. The Kier molecular flexibility index (Phi) is 7.17. The minimum Gasteiger partial charge on any atom is -0.466 e. The van der Waals surface area contributed by atoms with Crippen molar-refractivity contribution in [1.29, 1.82) is 0 Å². The lowest BCUT2D eigenvalue weighted by Crippen LogP contribution is -2.45. The second kappa shape index (κ2) is 9.56. The number of esters is 2. The fourth-order valence-corrected chi connectivity index (χ4v) is 3.60. The number of methoxy groups -OCH3 is 1. The molecular weight excluding hydrogens is 438 g/mol. The molecule has 3 rings (SSSR count). The molecule has 0 saturated carbocycles. The van der Waals surface area contributed by atoms with Gasteiger partial charge in [-0.2, -0.15) is 0 Å². The first-order valence-electron chi connectivity index (χ1n) is 10.3. The molecule has 0 bridgehead atoms. The van der Waals surface area contributed by atoms with E-state index in [2.05, 4.69) is 4.74 Å². The van der Waals surface area contributed by atoms with E-state index in [0.29, 0.717) is 0 Å². The van der Waals surface area contributed by atoms with Crippen LogP contribution in [0.2, 0.25) is 0 Å². The molecule has 0 unspecified atom stereocenters. The van der Waals surface area contributed by atoms with Crippen LogP contribution in [0.15, 0.2) is 36.4 Å². The highest BCUT2D eigenvalue weighted by molar-refractivity contribution is 5.90. The number of hydrogen-bond donors (Lipinski definition) is 0. The second-order valence-electron chi connectivity index (χ2n) is 8.49. The number of ether oxygens (including phenoxy) is 6. The number of rotatable bonds is 7. The third-order valence-corrected chi connectivity index (χ3v) is 5.06. The van der Waals surface area contributed by atoms with Gasteiger partial charge in [0.15, 0.2) is 11.6 Å². The summed E-state index contributed by atoms with van der Waals surface area (Å²) in [5, 5.41) is 10.9. The Balaban J connectivity index is 1.86. The van der Waals surface area contributed by atoms with E-state index < -0.39 is 52.9 Å². The van der Waals surface area contributed by atoms with Crippen molar-refractivity contribution in [2.24, 2.45) is 0 Å². The third kappa shape index (κ3) is 6.14. The lowest BCUT2D eigenvalue weighted by molar-refractivity contribution is -0.384. The van der Waals surface area contributed by atoms with Gasteiger partial charge >= 0.3 is 11.9 Å². The van der Waals surface area contributed by atoms with Gasteiger partial charge in [0, 0.05) is 18.2 Å². The molecule has 1 aromatic carbocycles. The minimum atomic E-state index is -1.06. The molecule has 0 aromatic heterocycles. The predicted octanol–water partition coefficient (Wildman–Crippen LogP) is 2.52. The van der Waals surface area contributed by atoms with Crippen molar-refractivity contribution in [3.63, 3.8) is 0 Å². The van der Waals surface area contributed by atoms with Gasteiger partial charge in [0.2, 0.25) is 0 Å². The van der Waals surface area contributed by atoms with Gasteiger partial charge in [0.25, 0.3) is 5.69 Å². The van der Waals surface area contributed by atoms with Crippen LogP contribution in [0.1, 0.15) is 38.1 Å². The van der Waals surface area contributed by atoms with Crippen LogP contribution in [0.3, 0.4) is 0 Å². The maximum Gasteiger partial charge on any atom is 0.338 e. The molecule has 11 heteroatoms. The molecule has 4 atom stereocenters. The first-order valence-corrected chi connectivity index (χ1v) is 10.3. The number of hydrogen-bond acceptors (Lipinski definition) is 10. The number of nitro benzene ring substituents is 1. The summed E-state index contributed by atoms with van der Waals surface area (Å²) in [6.45, 7) is 7.19. The van der Waals surface area contributed by atoms with Gasteiger partial charge in [-0.1, -0.05) is 0 Å². The first kappa shape index (κ1) is 24.8. The van der Waals surface area contributed by atoms with Crippen molar-refractivity contribution in [3.8, 4) is 0 Å². The smallest absolute Gasteiger partial charge is 0.338 e. The Morgan fingerprint density at radius 2 is 1.79 bits per heavy atom. The zero-order chi connectivity index (χ0) is 24.4. The molecule has 2 aliphatic heterocycles. The molecule has 0 spiro atoms. The molecule has 0 N–H and O–H groups in total. The molecular formula is C22H27NO10. The van der Waals surface area contributed by atoms with E-state index in [4.69, 9.17) is 23.7 Å². The predicted molar refractivity (Wildman–Crippen MR) is 112 cm³/mol. The quantitative estimate of drug-likeness (QED) is 0.256. The molecule has 2 saturated heterocycles. The monoisotopic (exact) mass is 465 g/mol. The molecule has 0 aliphatic carbocycles. The SMILES string of the molecule is COC(=O)/C=C/[C@@H](OC(=O)c1ccc([N+](=O)[O-])cc1)[C@H]1OC(C)(C)O[C@@H]1[C@H]1COC(C)(C)O1. The van der Waals surface area contributed by atoms with Crippen LogP contribution < -0.4 is 0 Å². The number of nitro groups is 1. The van der Waals surface area contributed by atoms with Gasteiger partial charge in [-0.25, -0.2) is 9.59 Å². The highest BCUT2D eigenvalue weighted by atomic mass is 16.8. The van der Waals surface area contributed by atoms with E-state index in [0.717, 1.165) is 6.08 Å². The van der Waals surface area contributed by atoms with E-state index in [1.54, 1.807) is 27.7 Å². The number of nitrogens with zero attached hydrogens (tertiary/aromatic N) is 1. The topological polar surface area (TPSA) is 133 Å². The van der Waals surface area contributed by atoms with Crippen molar-refractivity contribution in [2.75, 3.05) is 13.7 Å². The molecule has 180 valence electrons. The first-order chi connectivity index (χ1) is 15.4. The van der Waals surface area contributed by atoms with Gasteiger partial charge in [0.1, 0.15) is 24.4 Å². The highest BCUT2D eigenvalue weighted by Crippen LogP contribution is 2.37. The maximum absolute atomic E-state index is 12.8. The van der Waals surface area contributed by atoms with Crippen molar-refractivity contribution in [3.05, 3.63) is 52.1 Å². The van der Waals surface area contributed by atoms with Crippen molar-refractivity contribution >= 4 is 17.6 Å². The van der Waals surface area contributed by atoms with E-state index in [9.17, 15) is 19.7 Å². The van der Waals surface area contributed by atoms with Gasteiger partial charge in [-0.15, -0.1) is 0 Å². The molecule has 33 heavy (non-hydrogen) atoms. The Morgan fingerprint density at radius 3 is 2.33 bits per heavy atom. The Labute approximate surface area is 190 Å². The van der Waals surface area contributed by atoms with Gasteiger partial charge in [0.05, 0.1) is 24.2 Å². The summed E-state index contributed by atoms with van der Waals surface area (Å²) in [5.74, 6) is -3.26. The van der Waals surface area contributed by atoms with E-state index in [1.165, 1.54) is 37.5 Å². The van der Waals surface area contributed by atoms with Crippen LogP contribution in [-0.2, 0) is 33.2 Å². The summed E-state index contributed by atoms with van der Waals surface area (Å²) in [4.78, 5) is 34.8. The summed E-state index contributed by atoms with van der Waals surface area (Å²) in [7, 11) is 1.22. The van der Waals surface area contributed by atoms with Crippen LogP contribution in [0.4, 0.5) is 5.69 Å². The van der Waals surface area contributed by atoms with E-state index >= 15 is 0 Å². The molecule has 2 aliphatic rings. The number of benzene rings is 1. The van der Waals surface area contributed by atoms with Crippen LogP contribution >= 0.6 is 0 Å². The minimum absolute atomic E-state index is 0.0911.